The first kappa shape index (κ1) is 20.8. The molecule has 0 aromatic heterocycles. The maximum atomic E-state index is 12.6. The summed E-state index contributed by atoms with van der Waals surface area (Å²) >= 11 is 0. The Kier molecular flexibility index (Phi) is 6.53. The third kappa shape index (κ3) is 5.03. The zero-order valence-electron chi connectivity index (χ0n) is 15.8. The van der Waals surface area contributed by atoms with E-state index in [2.05, 4.69) is 4.72 Å². The van der Waals surface area contributed by atoms with Crippen LogP contribution in [0, 0.1) is 10.1 Å². The predicted octanol–water partition coefficient (Wildman–Crippen LogP) is 0.825. The Morgan fingerprint density at radius 2 is 1.70 bits per heavy atom. The molecule has 2 aromatic carbocycles. The predicted molar refractivity (Wildman–Crippen MR) is 105 cm³/mol. The molecule has 0 bridgehead atoms. The second kappa shape index (κ2) is 8.47. The highest BCUT2D eigenvalue weighted by Gasteiger charge is 2.27. The molecule has 0 saturated carbocycles. The summed E-state index contributed by atoms with van der Waals surface area (Å²) in [5, 5.41) is 11.1. The second-order valence-corrected chi connectivity index (χ2v) is 8.43. The molecule has 0 aliphatic rings. The maximum absolute atomic E-state index is 12.6. The third-order valence-corrected chi connectivity index (χ3v) is 5.81. The van der Waals surface area contributed by atoms with Crippen molar-refractivity contribution in [2.75, 3.05) is 39.6 Å². The molecular formula is C18H25N4O4S+. The zero-order chi connectivity index (χ0) is 20.2. The summed E-state index contributed by atoms with van der Waals surface area (Å²) in [6.45, 7) is 0.123. The fourth-order valence-electron chi connectivity index (χ4n) is 2.77. The Morgan fingerprint density at radius 3 is 2.22 bits per heavy atom. The Hall–Kier alpha value is -2.49. The van der Waals surface area contributed by atoms with Gasteiger partial charge in [0.1, 0.15) is 6.04 Å². The van der Waals surface area contributed by atoms with Gasteiger partial charge in [0.05, 0.1) is 25.6 Å². The van der Waals surface area contributed by atoms with E-state index in [-0.39, 0.29) is 17.5 Å². The standard InChI is InChI=1S/C18H24N4O4S/c1-20(2)15-11-9-14(10-12-15)17(21(3)4)13-19-27(25,26)18-8-6-5-7-16(18)22(23)24/h5-12,17,19H,13H2,1-4H3/p+1/t17-/m1/s1. The number of nitro benzene ring substituents is 1. The van der Waals surface area contributed by atoms with Gasteiger partial charge in [0.25, 0.3) is 5.69 Å². The lowest BCUT2D eigenvalue weighted by Crippen LogP contribution is -3.07. The molecule has 0 spiro atoms. The molecule has 2 N–H and O–H groups in total. The van der Waals surface area contributed by atoms with Crippen molar-refractivity contribution in [3.05, 3.63) is 64.2 Å². The van der Waals surface area contributed by atoms with Crippen LogP contribution in [0.15, 0.2) is 53.4 Å². The van der Waals surface area contributed by atoms with Gasteiger partial charge in [-0.05, 0) is 18.2 Å². The zero-order valence-corrected chi connectivity index (χ0v) is 16.7. The number of hydrogen-bond acceptors (Lipinski definition) is 5. The van der Waals surface area contributed by atoms with E-state index in [0.717, 1.165) is 16.2 Å². The molecule has 2 rings (SSSR count). The van der Waals surface area contributed by atoms with Crippen LogP contribution in [0.25, 0.3) is 0 Å². The number of rotatable bonds is 8. The monoisotopic (exact) mass is 393 g/mol. The molecule has 0 aliphatic carbocycles. The fourth-order valence-corrected chi connectivity index (χ4v) is 3.98. The number of likely N-dealkylation sites (N-methyl/N-ethyl adjacent to an activating group) is 1. The van der Waals surface area contributed by atoms with Crippen LogP contribution in [-0.4, -0.2) is 48.1 Å². The number of nitrogens with zero attached hydrogens (tertiary/aromatic N) is 2. The number of sulfonamides is 1. The van der Waals surface area contributed by atoms with Crippen LogP contribution < -0.4 is 14.5 Å². The molecule has 2 aromatic rings. The molecule has 9 heteroatoms. The molecule has 8 nitrogen and oxygen atoms in total. The lowest BCUT2D eigenvalue weighted by Gasteiger charge is -2.23. The lowest BCUT2D eigenvalue weighted by molar-refractivity contribution is -0.890. The van der Waals surface area contributed by atoms with Gasteiger partial charge in [0, 0.05) is 31.4 Å². The summed E-state index contributed by atoms with van der Waals surface area (Å²) in [7, 11) is 3.76. The molecular weight excluding hydrogens is 368 g/mol. The van der Waals surface area contributed by atoms with E-state index in [0.29, 0.717) is 0 Å². The van der Waals surface area contributed by atoms with Crippen LogP contribution in [0.3, 0.4) is 0 Å². The van der Waals surface area contributed by atoms with E-state index in [1.54, 1.807) is 0 Å². The number of nitro groups is 1. The minimum atomic E-state index is -4.01. The second-order valence-electron chi connectivity index (χ2n) is 6.69. The SMILES string of the molecule is CN(C)c1ccc([C@@H](CNS(=O)(=O)c2ccccc2[N+](=O)[O-])[NH+](C)C)cc1. The Labute approximate surface area is 159 Å². The first-order valence-electron chi connectivity index (χ1n) is 8.44. The summed E-state index contributed by atoms with van der Waals surface area (Å²) in [5.41, 5.74) is 1.59. The van der Waals surface area contributed by atoms with Crippen molar-refractivity contribution in [1.29, 1.82) is 0 Å². The molecule has 0 aliphatic heterocycles. The van der Waals surface area contributed by atoms with Crippen LogP contribution in [0.4, 0.5) is 11.4 Å². The minimum Gasteiger partial charge on any atom is -0.378 e. The van der Waals surface area contributed by atoms with Gasteiger partial charge in [0.2, 0.25) is 10.0 Å². The van der Waals surface area contributed by atoms with Crippen molar-refractivity contribution in [2.24, 2.45) is 0 Å². The first-order valence-corrected chi connectivity index (χ1v) is 9.92. The van der Waals surface area contributed by atoms with Gasteiger partial charge in [-0.25, -0.2) is 13.1 Å². The van der Waals surface area contributed by atoms with Crippen LogP contribution in [0.2, 0.25) is 0 Å². The first-order chi connectivity index (χ1) is 12.6. The van der Waals surface area contributed by atoms with E-state index in [9.17, 15) is 18.5 Å². The fraction of sp³-hybridized carbons (Fsp3) is 0.333. The molecule has 0 unspecified atom stereocenters. The Bertz CT molecular complexity index is 896. The number of hydrogen-bond donors (Lipinski definition) is 2. The van der Waals surface area contributed by atoms with Crippen LogP contribution in [0.1, 0.15) is 11.6 Å². The number of benzene rings is 2. The summed E-state index contributed by atoms with van der Waals surface area (Å²) in [5.74, 6) is 0. The number of nitrogens with one attached hydrogen (secondary N) is 2. The van der Waals surface area contributed by atoms with Crippen molar-refractivity contribution < 1.29 is 18.2 Å². The molecule has 1 atom stereocenters. The van der Waals surface area contributed by atoms with Crippen molar-refractivity contribution in [2.45, 2.75) is 10.9 Å². The number of para-hydroxylation sites is 1. The van der Waals surface area contributed by atoms with Crippen LogP contribution >= 0.6 is 0 Å². The highest BCUT2D eigenvalue weighted by molar-refractivity contribution is 7.89. The summed E-state index contributed by atoms with van der Waals surface area (Å²) in [6.07, 6.45) is 0. The van der Waals surface area contributed by atoms with Crippen molar-refractivity contribution in [3.8, 4) is 0 Å². The number of anilines is 1. The topological polar surface area (TPSA) is 97.0 Å². The largest absolute Gasteiger partial charge is 0.378 e. The van der Waals surface area contributed by atoms with Crippen LogP contribution in [0.5, 0.6) is 0 Å². The quantitative estimate of drug-likeness (QED) is 0.511. The van der Waals surface area contributed by atoms with Gasteiger partial charge in [-0.3, -0.25) is 10.1 Å². The van der Waals surface area contributed by atoms with E-state index >= 15 is 0 Å². The molecule has 0 heterocycles. The van der Waals surface area contributed by atoms with E-state index in [4.69, 9.17) is 0 Å². The van der Waals surface area contributed by atoms with Gasteiger partial charge in [-0.1, -0.05) is 24.3 Å². The average Bonchev–Trinajstić information content (AvgIpc) is 2.62. The van der Waals surface area contributed by atoms with E-state index < -0.39 is 20.6 Å². The van der Waals surface area contributed by atoms with Gasteiger partial charge in [-0.15, -0.1) is 0 Å². The summed E-state index contributed by atoms with van der Waals surface area (Å²) in [6, 6.07) is 13.1. The average molecular weight is 393 g/mol. The molecule has 0 fully saturated rings. The highest BCUT2D eigenvalue weighted by Crippen LogP contribution is 2.23. The molecule has 0 saturated heterocycles. The lowest BCUT2D eigenvalue weighted by atomic mass is 10.1. The third-order valence-electron chi connectivity index (χ3n) is 4.34. The molecule has 0 radical (unpaired) electrons. The van der Waals surface area contributed by atoms with Gasteiger partial charge in [0.15, 0.2) is 4.90 Å². The summed E-state index contributed by atoms with van der Waals surface area (Å²) < 4.78 is 27.8. The van der Waals surface area contributed by atoms with Gasteiger partial charge < -0.3 is 9.80 Å². The Morgan fingerprint density at radius 1 is 1.11 bits per heavy atom. The van der Waals surface area contributed by atoms with Crippen molar-refractivity contribution in [1.82, 2.24) is 4.72 Å². The van der Waals surface area contributed by atoms with Gasteiger partial charge in [-0.2, -0.15) is 0 Å². The summed E-state index contributed by atoms with van der Waals surface area (Å²) in [4.78, 5) is 13.1. The molecule has 0 amide bonds. The van der Waals surface area contributed by atoms with Crippen LogP contribution in [-0.2, 0) is 10.0 Å². The number of quaternary nitrogens is 1. The highest BCUT2D eigenvalue weighted by atomic mass is 32.2. The van der Waals surface area contributed by atoms with E-state index in [1.165, 1.54) is 24.3 Å². The normalized spacial score (nSPS) is 12.8. The maximum Gasteiger partial charge on any atom is 0.289 e. The van der Waals surface area contributed by atoms with Crippen molar-refractivity contribution in [3.63, 3.8) is 0 Å². The van der Waals surface area contributed by atoms with Gasteiger partial charge >= 0.3 is 0 Å². The van der Waals surface area contributed by atoms with Crippen molar-refractivity contribution >= 4 is 21.4 Å². The van der Waals surface area contributed by atoms with E-state index in [1.807, 2.05) is 57.4 Å². The smallest absolute Gasteiger partial charge is 0.289 e. The minimum absolute atomic E-state index is 0.123. The Balaban J connectivity index is 2.24. The molecule has 27 heavy (non-hydrogen) atoms. The molecule has 146 valence electrons.